The molecule has 3 heterocycles. The molecule has 11 heteroatoms. The first-order valence-corrected chi connectivity index (χ1v) is 9.62. The highest BCUT2D eigenvalue weighted by Gasteiger charge is 2.24. The molecule has 2 amide bonds. The van der Waals surface area contributed by atoms with Crippen LogP contribution in [0.15, 0.2) is 61.2 Å². The van der Waals surface area contributed by atoms with Gasteiger partial charge >= 0.3 is 0 Å². The van der Waals surface area contributed by atoms with Crippen molar-refractivity contribution < 1.29 is 19.5 Å². The molecule has 0 atom stereocenters. The summed E-state index contributed by atoms with van der Waals surface area (Å²) in [5.41, 5.74) is 5.40. The van der Waals surface area contributed by atoms with Crippen LogP contribution in [-0.2, 0) is 4.79 Å². The predicted molar refractivity (Wildman–Crippen MR) is 133 cm³/mol. The minimum Gasteiger partial charge on any atom is -0.494 e. The third-order valence-corrected chi connectivity index (χ3v) is 4.87. The Bertz CT molecular complexity index is 1320. The van der Waals surface area contributed by atoms with Crippen LogP contribution in [0.1, 0.15) is 17.3 Å². The average Bonchev–Trinajstić information content (AvgIpc) is 2.83. The number of amides is 2. The molecule has 0 fully saturated rings. The Morgan fingerprint density at radius 2 is 1.53 bits per heavy atom. The van der Waals surface area contributed by atoms with Gasteiger partial charge in [-0.3, -0.25) is 24.8 Å². The van der Waals surface area contributed by atoms with Gasteiger partial charge in [0.1, 0.15) is 5.69 Å². The van der Waals surface area contributed by atoms with Crippen molar-refractivity contribution in [2.45, 2.75) is 6.92 Å². The fourth-order valence-corrected chi connectivity index (χ4v) is 3.48. The average molecular weight is 502 g/mol. The number of ether oxygens (including phenoxy) is 1. The zero-order chi connectivity index (χ0) is 22.7. The number of carbonyl (C=O) groups is 2. The van der Waals surface area contributed by atoms with E-state index >= 15 is 0 Å². The van der Waals surface area contributed by atoms with Crippen LogP contribution in [0.4, 0.5) is 5.69 Å². The topological polar surface area (TPSA) is 126 Å². The SMILES string of the molecule is COc1c(-c2ccc(-c3ccncc3)cc2)nc2c(NC(C)=O)cncc2c1C(=O)NO.Cl.Cl. The van der Waals surface area contributed by atoms with Crippen molar-refractivity contribution in [2.24, 2.45) is 0 Å². The van der Waals surface area contributed by atoms with Crippen molar-refractivity contribution in [1.29, 1.82) is 0 Å². The van der Waals surface area contributed by atoms with Crippen molar-refractivity contribution in [3.8, 4) is 28.1 Å². The number of benzene rings is 1. The second kappa shape index (κ2) is 11.4. The molecular weight excluding hydrogens is 481 g/mol. The van der Waals surface area contributed by atoms with Gasteiger partial charge in [0, 0.05) is 36.5 Å². The van der Waals surface area contributed by atoms with E-state index < -0.39 is 5.91 Å². The lowest BCUT2D eigenvalue weighted by molar-refractivity contribution is -0.114. The maximum atomic E-state index is 12.6. The standard InChI is InChI=1S/C23H19N5O4.2ClH/c1-13(29)26-18-12-25-11-17-19(23(30)28-31)22(32-2)20(27-21(17)18)16-5-3-14(4-6-16)15-7-9-24-10-8-15;;/h3-12,31H,1-2H3,(H,26,29)(H,28,30);2*1H. The molecule has 0 spiro atoms. The van der Waals surface area contributed by atoms with Crippen LogP contribution < -0.4 is 15.5 Å². The van der Waals surface area contributed by atoms with Gasteiger partial charge in [0.25, 0.3) is 5.91 Å². The van der Waals surface area contributed by atoms with Gasteiger partial charge in [-0.1, -0.05) is 24.3 Å². The summed E-state index contributed by atoms with van der Waals surface area (Å²) in [4.78, 5) is 37.1. The number of methoxy groups -OCH3 is 1. The highest BCUT2D eigenvalue weighted by Crippen LogP contribution is 2.38. The number of pyridine rings is 3. The van der Waals surface area contributed by atoms with Gasteiger partial charge in [-0.15, -0.1) is 24.8 Å². The minimum atomic E-state index is -0.786. The highest BCUT2D eigenvalue weighted by molar-refractivity contribution is 6.13. The van der Waals surface area contributed by atoms with E-state index in [0.29, 0.717) is 27.8 Å². The normalized spacial score (nSPS) is 9.97. The van der Waals surface area contributed by atoms with Crippen molar-refractivity contribution >= 4 is 53.2 Å². The van der Waals surface area contributed by atoms with E-state index in [0.717, 1.165) is 11.1 Å². The van der Waals surface area contributed by atoms with Crippen LogP contribution in [0.3, 0.4) is 0 Å². The molecule has 0 saturated heterocycles. The van der Waals surface area contributed by atoms with Crippen molar-refractivity contribution in [2.75, 3.05) is 12.4 Å². The van der Waals surface area contributed by atoms with Crippen LogP contribution in [0.25, 0.3) is 33.3 Å². The fourth-order valence-electron chi connectivity index (χ4n) is 3.48. The van der Waals surface area contributed by atoms with Gasteiger partial charge in [-0.2, -0.15) is 0 Å². The Hall–Kier alpha value is -3.79. The van der Waals surface area contributed by atoms with E-state index in [1.807, 2.05) is 36.4 Å². The van der Waals surface area contributed by atoms with Gasteiger partial charge in [-0.25, -0.2) is 10.5 Å². The summed E-state index contributed by atoms with van der Waals surface area (Å²) in [6.45, 7) is 1.36. The summed E-state index contributed by atoms with van der Waals surface area (Å²) in [6, 6.07) is 11.4. The van der Waals surface area contributed by atoms with Gasteiger partial charge < -0.3 is 10.1 Å². The lowest BCUT2D eigenvalue weighted by Crippen LogP contribution is -2.21. The molecule has 0 saturated carbocycles. The Balaban J connectivity index is 0.00000204. The highest BCUT2D eigenvalue weighted by atomic mass is 35.5. The molecule has 3 aromatic heterocycles. The number of nitrogens with zero attached hydrogens (tertiary/aromatic N) is 3. The second-order valence-electron chi connectivity index (χ2n) is 6.89. The molecule has 0 aliphatic rings. The van der Waals surface area contributed by atoms with Crippen molar-refractivity contribution in [3.63, 3.8) is 0 Å². The summed E-state index contributed by atoms with van der Waals surface area (Å²) >= 11 is 0. The zero-order valence-corrected chi connectivity index (χ0v) is 19.7. The number of aromatic nitrogens is 3. The zero-order valence-electron chi connectivity index (χ0n) is 18.1. The third kappa shape index (κ3) is 5.07. The summed E-state index contributed by atoms with van der Waals surface area (Å²) in [5.74, 6) is -0.929. The van der Waals surface area contributed by atoms with Gasteiger partial charge in [0.05, 0.1) is 30.1 Å². The van der Waals surface area contributed by atoms with Gasteiger partial charge in [0.15, 0.2) is 5.75 Å². The molecule has 1 aromatic carbocycles. The molecule has 34 heavy (non-hydrogen) atoms. The molecule has 4 aromatic rings. The minimum absolute atomic E-state index is 0. The predicted octanol–water partition coefficient (Wildman–Crippen LogP) is 4.29. The monoisotopic (exact) mass is 501 g/mol. The van der Waals surface area contributed by atoms with Crippen LogP contribution in [-0.4, -0.2) is 39.1 Å². The number of nitrogens with one attached hydrogen (secondary N) is 2. The molecular formula is C23H21Cl2N5O4. The second-order valence-corrected chi connectivity index (χ2v) is 6.89. The van der Waals surface area contributed by atoms with Crippen LogP contribution in [0.2, 0.25) is 0 Å². The maximum absolute atomic E-state index is 12.6. The molecule has 3 N–H and O–H groups in total. The molecule has 0 unspecified atom stereocenters. The Labute approximate surface area is 207 Å². The van der Waals surface area contributed by atoms with Crippen LogP contribution >= 0.6 is 24.8 Å². The molecule has 9 nitrogen and oxygen atoms in total. The Kier molecular flexibility index (Phi) is 8.85. The lowest BCUT2D eigenvalue weighted by Gasteiger charge is -2.16. The van der Waals surface area contributed by atoms with Crippen molar-refractivity contribution in [3.05, 3.63) is 66.7 Å². The number of hydroxylamine groups is 1. The number of hydrogen-bond donors (Lipinski definition) is 3. The molecule has 0 aliphatic carbocycles. The fraction of sp³-hybridized carbons (Fsp3) is 0.0870. The first-order chi connectivity index (χ1) is 15.5. The van der Waals surface area contributed by atoms with E-state index in [4.69, 9.17) is 9.72 Å². The molecule has 0 bridgehead atoms. The molecule has 0 aliphatic heterocycles. The number of carbonyl (C=O) groups excluding carboxylic acids is 2. The number of halogens is 2. The number of fused-ring (bicyclic) bond motifs is 1. The van der Waals surface area contributed by atoms with E-state index in [2.05, 4.69) is 15.3 Å². The van der Waals surface area contributed by atoms with Crippen LogP contribution in [0, 0.1) is 0 Å². The van der Waals surface area contributed by atoms with E-state index in [9.17, 15) is 14.8 Å². The van der Waals surface area contributed by atoms with Crippen molar-refractivity contribution in [1.82, 2.24) is 20.4 Å². The largest absolute Gasteiger partial charge is 0.494 e. The Morgan fingerprint density at radius 3 is 2.12 bits per heavy atom. The summed E-state index contributed by atoms with van der Waals surface area (Å²) in [6.07, 6.45) is 6.31. The molecule has 176 valence electrons. The number of rotatable bonds is 5. The van der Waals surface area contributed by atoms with Crippen LogP contribution in [0.5, 0.6) is 5.75 Å². The van der Waals surface area contributed by atoms with Gasteiger partial charge in [-0.05, 0) is 23.3 Å². The third-order valence-electron chi connectivity index (χ3n) is 4.87. The quantitative estimate of drug-likeness (QED) is 0.275. The van der Waals surface area contributed by atoms with Gasteiger partial charge in [0.2, 0.25) is 5.91 Å². The first-order valence-electron chi connectivity index (χ1n) is 9.62. The summed E-state index contributed by atoms with van der Waals surface area (Å²) in [5, 5.41) is 12.3. The molecule has 4 rings (SSSR count). The maximum Gasteiger partial charge on any atom is 0.279 e. The van der Waals surface area contributed by atoms with E-state index in [1.165, 1.54) is 26.4 Å². The van der Waals surface area contributed by atoms with E-state index in [-0.39, 0.29) is 42.0 Å². The Morgan fingerprint density at radius 1 is 0.912 bits per heavy atom. The smallest absolute Gasteiger partial charge is 0.279 e. The summed E-state index contributed by atoms with van der Waals surface area (Å²) in [7, 11) is 1.41. The van der Waals surface area contributed by atoms with E-state index in [1.54, 1.807) is 17.9 Å². The molecule has 0 radical (unpaired) electrons. The number of hydrogen-bond acceptors (Lipinski definition) is 7. The first kappa shape index (κ1) is 26.5. The summed E-state index contributed by atoms with van der Waals surface area (Å²) < 4.78 is 5.54. The number of anilines is 1. The lowest BCUT2D eigenvalue weighted by atomic mass is 10.00.